The molecule has 1 aliphatic rings. The Morgan fingerprint density at radius 2 is 1.81 bits per heavy atom. The summed E-state index contributed by atoms with van der Waals surface area (Å²) in [6, 6.07) is 0. The summed E-state index contributed by atoms with van der Waals surface area (Å²) in [6.07, 6.45) is 2.16. The number of aliphatic hydroxyl groups is 2. The van der Waals surface area contributed by atoms with Crippen molar-refractivity contribution < 1.29 is 19.7 Å². The Hall–Kier alpha value is -0.160. The van der Waals surface area contributed by atoms with E-state index in [9.17, 15) is 0 Å². The van der Waals surface area contributed by atoms with Gasteiger partial charge in [-0.1, -0.05) is 13.8 Å². The van der Waals surface area contributed by atoms with Crippen molar-refractivity contribution in [2.24, 2.45) is 0 Å². The Morgan fingerprint density at radius 1 is 1.38 bits per heavy atom. The predicted octanol–water partition coefficient (Wildman–Crippen LogP) is 1.59. The molecule has 0 aromatic rings. The Labute approximate surface area is 99.6 Å². The summed E-state index contributed by atoms with van der Waals surface area (Å²) in [7, 11) is 0. The van der Waals surface area contributed by atoms with Gasteiger partial charge >= 0.3 is 0 Å². The lowest BCUT2D eigenvalue weighted by atomic mass is 10.4. The average molecular weight is 236 g/mol. The summed E-state index contributed by atoms with van der Waals surface area (Å²) < 4.78 is 9.70. The topological polar surface area (TPSA) is 62.2 Å². The predicted molar refractivity (Wildman–Crippen MR) is 65.6 cm³/mol. The molecule has 2 N–H and O–H groups in total. The Balaban J connectivity index is 0. The van der Waals surface area contributed by atoms with Crippen LogP contribution in [0, 0.1) is 0 Å². The molecule has 0 bridgehead atoms. The first-order valence-corrected chi connectivity index (χ1v) is 6.06. The van der Waals surface area contributed by atoms with Crippen molar-refractivity contribution in [2.45, 2.75) is 52.7 Å². The van der Waals surface area contributed by atoms with Gasteiger partial charge in [-0.3, -0.25) is 0 Å². The zero-order valence-electron chi connectivity index (χ0n) is 11.1. The molecular weight excluding hydrogens is 208 g/mol. The van der Waals surface area contributed by atoms with Gasteiger partial charge in [-0.25, -0.2) is 0 Å². The van der Waals surface area contributed by atoms with Crippen molar-refractivity contribution in [3.8, 4) is 0 Å². The molecule has 2 atom stereocenters. The number of aliphatic hydroxyl groups excluding tert-OH is 2. The van der Waals surface area contributed by atoms with Crippen LogP contribution in [-0.4, -0.2) is 48.8 Å². The average Bonchev–Trinajstić information content (AvgIpc) is 3.02. The van der Waals surface area contributed by atoms with Gasteiger partial charge in [0.2, 0.25) is 0 Å². The highest BCUT2D eigenvalue weighted by molar-refractivity contribution is 4.58. The largest absolute Gasteiger partial charge is 0.396 e. The molecule has 16 heavy (non-hydrogen) atoms. The molecule has 1 aliphatic heterocycles. The van der Waals surface area contributed by atoms with Crippen molar-refractivity contribution in [3.63, 3.8) is 0 Å². The van der Waals surface area contributed by atoms with Crippen LogP contribution in [0.25, 0.3) is 0 Å². The maximum atomic E-state index is 8.65. The number of hydrogen-bond donors (Lipinski definition) is 2. The summed E-state index contributed by atoms with van der Waals surface area (Å²) in [4.78, 5) is 0. The highest BCUT2D eigenvalue weighted by Crippen LogP contribution is 2.04. The molecule has 4 nitrogen and oxygen atoms in total. The van der Waals surface area contributed by atoms with E-state index < -0.39 is 0 Å². The minimum atomic E-state index is -0.318. The second-order valence-corrected chi connectivity index (χ2v) is 3.79. The fraction of sp³-hybridized carbons (Fsp3) is 1.00. The van der Waals surface area contributed by atoms with Crippen molar-refractivity contribution in [2.75, 3.05) is 26.4 Å². The van der Waals surface area contributed by atoms with Crippen molar-refractivity contribution in [1.82, 2.24) is 0 Å². The normalized spacial score (nSPS) is 18.8. The van der Waals surface area contributed by atoms with E-state index in [4.69, 9.17) is 19.7 Å². The molecule has 0 aromatic heterocycles. The van der Waals surface area contributed by atoms with Crippen LogP contribution in [0.4, 0.5) is 0 Å². The fourth-order valence-electron chi connectivity index (χ4n) is 0.494. The third-order valence-corrected chi connectivity index (χ3v) is 1.43. The molecule has 0 spiro atoms. The lowest BCUT2D eigenvalue weighted by Crippen LogP contribution is -2.10. The van der Waals surface area contributed by atoms with E-state index in [1.54, 1.807) is 6.92 Å². The highest BCUT2D eigenvalue weighted by Gasteiger charge is 2.13. The lowest BCUT2D eigenvalue weighted by Gasteiger charge is -2.02. The third kappa shape index (κ3) is 29.2. The Bertz CT molecular complexity index is 112. The quantitative estimate of drug-likeness (QED) is 0.562. The van der Waals surface area contributed by atoms with E-state index >= 15 is 0 Å². The highest BCUT2D eigenvalue weighted by atomic mass is 16.6. The molecule has 1 saturated heterocycles. The van der Waals surface area contributed by atoms with Crippen molar-refractivity contribution >= 4 is 0 Å². The van der Waals surface area contributed by atoms with Gasteiger partial charge in [0.15, 0.2) is 0 Å². The van der Waals surface area contributed by atoms with Gasteiger partial charge in [-0.05, 0) is 26.7 Å². The second-order valence-electron chi connectivity index (χ2n) is 3.79. The molecule has 1 heterocycles. The van der Waals surface area contributed by atoms with E-state index in [1.807, 2.05) is 13.8 Å². The van der Waals surface area contributed by atoms with Crippen molar-refractivity contribution in [1.29, 1.82) is 0 Å². The van der Waals surface area contributed by atoms with Crippen LogP contribution in [0.15, 0.2) is 0 Å². The van der Waals surface area contributed by atoms with Gasteiger partial charge in [0.1, 0.15) is 0 Å². The molecule has 1 fully saturated rings. The van der Waals surface area contributed by atoms with E-state index in [0.717, 1.165) is 26.1 Å². The fourth-order valence-corrected chi connectivity index (χ4v) is 0.494. The number of ether oxygens (including phenoxy) is 2. The van der Waals surface area contributed by atoms with Crippen molar-refractivity contribution in [3.05, 3.63) is 0 Å². The molecule has 0 unspecified atom stereocenters. The zero-order valence-corrected chi connectivity index (χ0v) is 11.1. The minimum absolute atomic E-state index is 0.318. The monoisotopic (exact) mass is 236 g/mol. The van der Waals surface area contributed by atoms with E-state index in [1.165, 1.54) is 0 Å². The molecule has 0 aliphatic carbocycles. The molecule has 4 heteroatoms. The van der Waals surface area contributed by atoms with Crippen LogP contribution in [0.1, 0.15) is 40.5 Å². The number of rotatable bonds is 5. The standard InChI is InChI=1S/C6H14O2.C3H6O.C3H8O/c1-3-4-8-5-6(2)7;1-3-2-4-3;1-2-3-4/h6-7H,3-5H2,1-2H3;3H,2H2,1H3;4H,2-3H2,1H3/t6-;3-;/m11./s1. The van der Waals surface area contributed by atoms with Crippen LogP contribution >= 0.6 is 0 Å². The molecule has 100 valence electrons. The molecule has 0 amide bonds. The molecular formula is C12H28O4. The summed E-state index contributed by atoms with van der Waals surface area (Å²) in [5, 5.41) is 16.5. The molecule has 1 rings (SSSR count). The second kappa shape index (κ2) is 14.8. The van der Waals surface area contributed by atoms with Gasteiger partial charge in [0.05, 0.1) is 25.4 Å². The van der Waals surface area contributed by atoms with Gasteiger partial charge in [-0.15, -0.1) is 0 Å². The Kier molecular flexibility index (Phi) is 16.9. The van der Waals surface area contributed by atoms with Crippen LogP contribution < -0.4 is 0 Å². The summed E-state index contributed by atoms with van der Waals surface area (Å²) in [5.41, 5.74) is 0. The smallest absolute Gasteiger partial charge is 0.0781 e. The van der Waals surface area contributed by atoms with Gasteiger partial charge < -0.3 is 19.7 Å². The summed E-state index contributed by atoms with van der Waals surface area (Å²) >= 11 is 0. The molecule has 0 aromatic carbocycles. The SMILES string of the molecule is CCCO.CCCOC[C@@H](C)O.C[C@@H]1CO1. The van der Waals surface area contributed by atoms with E-state index in [2.05, 4.69) is 6.92 Å². The summed E-state index contributed by atoms with van der Waals surface area (Å²) in [6.45, 7) is 10.3. The Morgan fingerprint density at radius 3 is 2.00 bits per heavy atom. The third-order valence-electron chi connectivity index (χ3n) is 1.43. The first kappa shape index (κ1) is 18.2. The number of hydrogen-bond acceptors (Lipinski definition) is 4. The van der Waals surface area contributed by atoms with Crippen LogP contribution in [0.3, 0.4) is 0 Å². The van der Waals surface area contributed by atoms with Gasteiger partial charge in [0.25, 0.3) is 0 Å². The van der Waals surface area contributed by atoms with Gasteiger partial charge in [0, 0.05) is 13.2 Å². The number of epoxide rings is 1. The maximum absolute atomic E-state index is 8.65. The lowest BCUT2D eigenvalue weighted by molar-refractivity contribution is 0.0466. The van der Waals surface area contributed by atoms with Crippen LogP contribution in [0.5, 0.6) is 0 Å². The first-order chi connectivity index (χ1) is 7.58. The van der Waals surface area contributed by atoms with Crippen LogP contribution in [0.2, 0.25) is 0 Å². The maximum Gasteiger partial charge on any atom is 0.0781 e. The minimum Gasteiger partial charge on any atom is -0.396 e. The molecule has 0 radical (unpaired) electrons. The first-order valence-electron chi connectivity index (χ1n) is 6.06. The summed E-state index contributed by atoms with van der Waals surface area (Å²) in [5.74, 6) is 0. The van der Waals surface area contributed by atoms with E-state index in [-0.39, 0.29) is 6.10 Å². The molecule has 0 saturated carbocycles. The zero-order chi connectivity index (χ0) is 12.8. The van der Waals surface area contributed by atoms with Crippen LogP contribution in [-0.2, 0) is 9.47 Å². The van der Waals surface area contributed by atoms with E-state index in [0.29, 0.717) is 19.3 Å². The van der Waals surface area contributed by atoms with Gasteiger partial charge in [-0.2, -0.15) is 0 Å².